The van der Waals surface area contributed by atoms with Crippen LogP contribution in [-0.2, 0) is 10.0 Å². The standard InChI is InChI=1S/C19H18N2O2S/c1-15-7-13-19(14-8-15)24(22,23)21(17-5-3-2-4-6-17)18-11-9-16(20)10-12-18/h2-14H,20H2,1H3. The number of para-hydroxylation sites is 1. The van der Waals surface area contributed by atoms with Gasteiger partial charge in [0.05, 0.1) is 16.3 Å². The summed E-state index contributed by atoms with van der Waals surface area (Å²) < 4.78 is 27.8. The van der Waals surface area contributed by atoms with E-state index in [0.29, 0.717) is 17.1 Å². The number of sulfonamides is 1. The molecule has 0 aromatic heterocycles. The Balaban J connectivity index is 2.17. The van der Waals surface area contributed by atoms with Crippen LogP contribution < -0.4 is 10.0 Å². The molecule has 0 amide bonds. The van der Waals surface area contributed by atoms with Crippen molar-refractivity contribution in [2.24, 2.45) is 0 Å². The van der Waals surface area contributed by atoms with Gasteiger partial charge in [-0.25, -0.2) is 12.7 Å². The molecule has 3 aromatic rings. The maximum atomic E-state index is 13.2. The Morgan fingerprint density at radius 1 is 0.750 bits per heavy atom. The third-order valence-electron chi connectivity index (χ3n) is 3.68. The van der Waals surface area contributed by atoms with Crippen molar-refractivity contribution in [1.82, 2.24) is 0 Å². The predicted octanol–water partition coefficient (Wildman–Crippen LogP) is 4.10. The van der Waals surface area contributed by atoms with E-state index in [9.17, 15) is 8.42 Å². The van der Waals surface area contributed by atoms with Crippen LogP contribution >= 0.6 is 0 Å². The first-order valence-corrected chi connectivity index (χ1v) is 8.95. The highest BCUT2D eigenvalue weighted by Gasteiger charge is 2.26. The van der Waals surface area contributed by atoms with Crippen molar-refractivity contribution in [2.45, 2.75) is 11.8 Å². The fourth-order valence-electron chi connectivity index (χ4n) is 2.42. The number of aryl methyl sites for hydroxylation is 1. The minimum Gasteiger partial charge on any atom is -0.399 e. The predicted molar refractivity (Wildman–Crippen MR) is 97.8 cm³/mol. The van der Waals surface area contributed by atoms with Crippen LogP contribution in [0.4, 0.5) is 17.1 Å². The van der Waals surface area contributed by atoms with Gasteiger partial charge in [-0.05, 0) is 55.5 Å². The largest absolute Gasteiger partial charge is 0.399 e. The molecular weight excluding hydrogens is 320 g/mol. The van der Waals surface area contributed by atoms with Gasteiger partial charge >= 0.3 is 0 Å². The van der Waals surface area contributed by atoms with Gasteiger partial charge in [0.15, 0.2) is 0 Å². The molecule has 0 unspecified atom stereocenters. The van der Waals surface area contributed by atoms with Crippen molar-refractivity contribution in [1.29, 1.82) is 0 Å². The van der Waals surface area contributed by atoms with Crippen LogP contribution in [-0.4, -0.2) is 8.42 Å². The summed E-state index contributed by atoms with van der Waals surface area (Å²) in [4.78, 5) is 0.244. The number of hydrogen-bond acceptors (Lipinski definition) is 3. The van der Waals surface area contributed by atoms with Gasteiger partial charge in [-0.1, -0.05) is 35.9 Å². The number of nitrogen functional groups attached to an aromatic ring is 1. The number of hydrogen-bond donors (Lipinski definition) is 1. The topological polar surface area (TPSA) is 63.4 Å². The summed E-state index contributed by atoms with van der Waals surface area (Å²) in [5.41, 5.74) is 8.43. The van der Waals surface area contributed by atoms with Gasteiger partial charge in [0.1, 0.15) is 0 Å². The summed E-state index contributed by atoms with van der Waals surface area (Å²) >= 11 is 0. The highest BCUT2D eigenvalue weighted by Crippen LogP contribution is 2.32. The summed E-state index contributed by atoms with van der Waals surface area (Å²) in [5.74, 6) is 0. The Hall–Kier alpha value is -2.79. The van der Waals surface area contributed by atoms with Crippen molar-refractivity contribution < 1.29 is 8.42 Å². The lowest BCUT2D eigenvalue weighted by Crippen LogP contribution is -2.26. The molecule has 0 aliphatic rings. The lowest BCUT2D eigenvalue weighted by Gasteiger charge is -2.24. The van der Waals surface area contributed by atoms with Crippen molar-refractivity contribution in [3.05, 3.63) is 84.4 Å². The molecule has 0 spiro atoms. The fraction of sp³-hybridized carbons (Fsp3) is 0.0526. The maximum Gasteiger partial charge on any atom is 0.268 e. The van der Waals surface area contributed by atoms with Crippen LogP contribution in [0.1, 0.15) is 5.56 Å². The van der Waals surface area contributed by atoms with E-state index in [0.717, 1.165) is 5.56 Å². The van der Waals surface area contributed by atoms with Gasteiger partial charge in [-0.2, -0.15) is 0 Å². The average molecular weight is 338 g/mol. The molecule has 0 saturated heterocycles. The van der Waals surface area contributed by atoms with Crippen LogP contribution in [0.2, 0.25) is 0 Å². The van der Waals surface area contributed by atoms with Gasteiger partial charge in [0.25, 0.3) is 10.0 Å². The molecule has 3 aromatic carbocycles. The smallest absolute Gasteiger partial charge is 0.268 e. The first-order valence-electron chi connectivity index (χ1n) is 7.51. The molecule has 0 aliphatic carbocycles. The summed E-state index contributed by atoms with van der Waals surface area (Å²) in [6.07, 6.45) is 0. The molecule has 5 heteroatoms. The first kappa shape index (κ1) is 16.1. The summed E-state index contributed by atoms with van der Waals surface area (Å²) in [6.45, 7) is 1.92. The Morgan fingerprint density at radius 2 is 1.29 bits per heavy atom. The number of nitrogens with zero attached hydrogens (tertiary/aromatic N) is 1. The second-order valence-corrected chi connectivity index (χ2v) is 7.30. The Bertz CT molecular complexity index is 919. The van der Waals surface area contributed by atoms with Crippen LogP contribution in [0, 0.1) is 6.92 Å². The molecule has 24 heavy (non-hydrogen) atoms. The molecule has 0 fully saturated rings. The minimum absolute atomic E-state index is 0.244. The lowest BCUT2D eigenvalue weighted by atomic mass is 10.2. The van der Waals surface area contributed by atoms with Crippen molar-refractivity contribution in [2.75, 3.05) is 10.0 Å². The van der Waals surface area contributed by atoms with Gasteiger partial charge in [-0.3, -0.25) is 0 Å². The SMILES string of the molecule is Cc1ccc(S(=O)(=O)N(c2ccccc2)c2ccc(N)cc2)cc1. The van der Waals surface area contributed by atoms with Gasteiger partial charge in [-0.15, -0.1) is 0 Å². The molecule has 2 N–H and O–H groups in total. The molecule has 4 nitrogen and oxygen atoms in total. The summed E-state index contributed by atoms with van der Waals surface area (Å²) in [7, 11) is -3.74. The number of anilines is 3. The Morgan fingerprint density at radius 3 is 1.88 bits per heavy atom. The number of nitrogens with two attached hydrogens (primary N) is 1. The van der Waals surface area contributed by atoms with Crippen LogP contribution in [0.3, 0.4) is 0 Å². The molecule has 0 aliphatic heterocycles. The van der Waals surface area contributed by atoms with Crippen molar-refractivity contribution >= 4 is 27.1 Å². The molecule has 0 radical (unpaired) electrons. The van der Waals surface area contributed by atoms with E-state index in [-0.39, 0.29) is 4.90 Å². The van der Waals surface area contributed by atoms with Crippen LogP contribution in [0.5, 0.6) is 0 Å². The fourth-order valence-corrected chi connectivity index (χ4v) is 3.90. The molecule has 0 bridgehead atoms. The molecule has 122 valence electrons. The summed E-state index contributed by atoms with van der Waals surface area (Å²) in [5, 5.41) is 0. The molecule has 0 saturated carbocycles. The third-order valence-corrected chi connectivity index (χ3v) is 5.45. The highest BCUT2D eigenvalue weighted by molar-refractivity contribution is 7.93. The lowest BCUT2D eigenvalue weighted by molar-refractivity contribution is 0.596. The molecule has 3 rings (SSSR count). The quantitative estimate of drug-likeness (QED) is 0.728. The van der Waals surface area contributed by atoms with Crippen molar-refractivity contribution in [3.63, 3.8) is 0 Å². The van der Waals surface area contributed by atoms with E-state index in [4.69, 9.17) is 5.73 Å². The first-order chi connectivity index (χ1) is 11.5. The normalized spacial score (nSPS) is 11.2. The number of benzene rings is 3. The van der Waals surface area contributed by atoms with E-state index < -0.39 is 10.0 Å². The zero-order valence-corrected chi connectivity index (χ0v) is 14.1. The van der Waals surface area contributed by atoms with Gasteiger partial charge in [0.2, 0.25) is 0 Å². The van der Waals surface area contributed by atoms with E-state index in [1.54, 1.807) is 60.7 Å². The Kier molecular flexibility index (Phi) is 4.27. The highest BCUT2D eigenvalue weighted by atomic mass is 32.2. The molecular formula is C19H18N2O2S. The van der Waals surface area contributed by atoms with Gasteiger partial charge in [0, 0.05) is 5.69 Å². The Labute approximate surface area is 142 Å². The number of rotatable bonds is 4. The summed E-state index contributed by atoms with van der Waals surface area (Å²) in [6, 6.07) is 22.6. The monoisotopic (exact) mass is 338 g/mol. The maximum absolute atomic E-state index is 13.2. The molecule has 0 heterocycles. The molecule has 0 atom stereocenters. The van der Waals surface area contributed by atoms with E-state index in [1.165, 1.54) is 4.31 Å². The minimum atomic E-state index is -3.74. The second kappa shape index (κ2) is 6.37. The van der Waals surface area contributed by atoms with E-state index in [1.807, 2.05) is 25.1 Å². The van der Waals surface area contributed by atoms with Crippen LogP contribution in [0.15, 0.2) is 83.8 Å². The second-order valence-electron chi connectivity index (χ2n) is 5.51. The van der Waals surface area contributed by atoms with Crippen molar-refractivity contribution in [3.8, 4) is 0 Å². The average Bonchev–Trinajstić information content (AvgIpc) is 2.58. The van der Waals surface area contributed by atoms with E-state index in [2.05, 4.69) is 0 Å². The van der Waals surface area contributed by atoms with Gasteiger partial charge < -0.3 is 5.73 Å². The zero-order chi connectivity index (χ0) is 17.2. The third kappa shape index (κ3) is 3.12. The van der Waals surface area contributed by atoms with Crippen LogP contribution in [0.25, 0.3) is 0 Å². The van der Waals surface area contributed by atoms with E-state index >= 15 is 0 Å². The zero-order valence-electron chi connectivity index (χ0n) is 13.3.